The minimum Gasteiger partial charge on any atom is -0.497 e. The van der Waals surface area contributed by atoms with E-state index < -0.39 is 0 Å². The smallest absolute Gasteiger partial charge is 0.317 e. The molecule has 2 aromatic rings. The molecule has 0 saturated heterocycles. The maximum absolute atomic E-state index is 12.5. The second-order valence-corrected chi connectivity index (χ2v) is 7.36. The Bertz CT molecular complexity index is 893. The topological polar surface area (TPSA) is 70.7 Å². The van der Waals surface area contributed by atoms with Crippen LogP contribution in [0.25, 0.3) is 11.1 Å². The fraction of sp³-hybridized carbons (Fsp3) is 0.364. The zero-order valence-corrected chi connectivity index (χ0v) is 16.0. The van der Waals surface area contributed by atoms with E-state index in [0.717, 1.165) is 47.3 Å². The van der Waals surface area contributed by atoms with Crippen molar-refractivity contribution < 1.29 is 14.3 Å². The summed E-state index contributed by atoms with van der Waals surface area (Å²) in [5.41, 5.74) is 5.69. The summed E-state index contributed by atoms with van der Waals surface area (Å²) in [5.74, 6) is 0.819. The normalized spacial score (nSPS) is 15.5. The molecule has 4 rings (SSSR count). The Morgan fingerprint density at radius 3 is 2.86 bits per heavy atom. The van der Waals surface area contributed by atoms with Gasteiger partial charge in [-0.15, -0.1) is 0 Å². The van der Waals surface area contributed by atoms with Crippen LogP contribution in [-0.4, -0.2) is 37.0 Å². The lowest BCUT2D eigenvalue weighted by Gasteiger charge is -2.32. The van der Waals surface area contributed by atoms with E-state index in [1.165, 1.54) is 5.56 Å². The Morgan fingerprint density at radius 2 is 2.11 bits per heavy atom. The van der Waals surface area contributed by atoms with E-state index in [4.69, 9.17) is 4.74 Å². The van der Waals surface area contributed by atoms with E-state index in [9.17, 15) is 9.59 Å². The van der Waals surface area contributed by atoms with Crippen LogP contribution in [0.5, 0.6) is 5.75 Å². The molecule has 6 nitrogen and oxygen atoms in total. The minimum atomic E-state index is 0.00855. The molecule has 1 fully saturated rings. The molecule has 1 aliphatic carbocycles. The van der Waals surface area contributed by atoms with E-state index in [2.05, 4.69) is 22.8 Å². The zero-order valence-electron chi connectivity index (χ0n) is 16.0. The summed E-state index contributed by atoms with van der Waals surface area (Å²) in [6.45, 7) is 1.71. The molecule has 6 heteroatoms. The number of urea groups is 1. The number of fused-ring (bicyclic) bond motifs is 1. The van der Waals surface area contributed by atoms with Crippen LogP contribution in [0.1, 0.15) is 29.5 Å². The van der Waals surface area contributed by atoms with Gasteiger partial charge in [0.1, 0.15) is 5.75 Å². The second kappa shape index (κ2) is 7.92. The van der Waals surface area contributed by atoms with Gasteiger partial charge in [-0.05, 0) is 59.2 Å². The monoisotopic (exact) mass is 379 g/mol. The van der Waals surface area contributed by atoms with Crippen molar-refractivity contribution in [3.05, 3.63) is 53.1 Å². The van der Waals surface area contributed by atoms with Gasteiger partial charge in [0.2, 0.25) is 6.41 Å². The highest BCUT2D eigenvalue weighted by Crippen LogP contribution is 2.34. The first-order chi connectivity index (χ1) is 13.7. The van der Waals surface area contributed by atoms with Gasteiger partial charge in [-0.25, -0.2) is 4.79 Å². The van der Waals surface area contributed by atoms with Crippen LogP contribution in [-0.2, 0) is 24.3 Å². The van der Waals surface area contributed by atoms with Crippen LogP contribution in [0.4, 0.5) is 4.79 Å². The summed E-state index contributed by atoms with van der Waals surface area (Å²) >= 11 is 0. The van der Waals surface area contributed by atoms with E-state index >= 15 is 0 Å². The number of ether oxygens (including phenoxy) is 1. The predicted molar refractivity (Wildman–Crippen MR) is 107 cm³/mol. The van der Waals surface area contributed by atoms with Crippen LogP contribution in [0.2, 0.25) is 0 Å². The highest BCUT2D eigenvalue weighted by molar-refractivity contribution is 5.77. The van der Waals surface area contributed by atoms with Gasteiger partial charge in [0.15, 0.2) is 0 Å². The lowest BCUT2D eigenvalue weighted by molar-refractivity contribution is -0.109. The van der Waals surface area contributed by atoms with Gasteiger partial charge in [0.25, 0.3) is 0 Å². The summed E-state index contributed by atoms with van der Waals surface area (Å²) < 4.78 is 5.38. The number of hydrogen-bond donors (Lipinski definition) is 2. The van der Waals surface area contributed by atoms with Crippen LogP contribution >= 0.6 is 0 Å². The molecule has 0 aromatic heterocycles. The quantitative estimate of drug-likeness (QED) is 0.758. The Hall–Kier alpha value is -3.02. The molecule has 1 saturated carbocycles. The summed E-state index contributed by atoms with van der Waals surface area (Å²) in [4.78, 5) is 25.2. The van der Waals surface area contributed by atoms with Crippen molar-refractivity contribution >= 4 is 12.4 Å². The van der Waals surface area contributed by atoms with E-state index in [-0.39, 0.29) is 6.03 Å². The fourth-order valence-electron chi connectivity index (χ4n) is 3.79. The first-order valence-corrected chi connectivity index (χ1v) is 9.70. The van der Waals surface area contributed by atoms with Gasteiger partial charge in [0.05, 0.1) is 7.11 Å². The molecule has 0 radical (unpaired) electrons. The standard InChI is InChI=1S/C22H25N3O3/c1-28-18-4-2-3-15(11-18)19-8-5-16(12-23-14-26)21-13-25(10-9-20(19)21)22(27)24-17-6-7-17/h2-5,8,11,14,17H,6-7,9-10,12-13H2,1H3,(H,23,26)(H,24,27). The number of carbonyl (C=O) groups is 2. The maximum atomic E-state index is 12.5. The summed E-state index contributed by atoms with van der Waals surface area (Å²) in [7, 11) is 1.67. The molecule has 2 aromatic carbocycles. The highest BCUT2D eigenvalue weighted by Gasteiger charge is 2.29. The molecule has 1 aliphatic heterocycles. The Balaban J connectivity index is 1.68. The molecule has 2 N–H and O–H groups in total. The average molecular weight is 379 g/mol. The van der Waals surface area contributed by atoms with Crippen molar-refractivity contribution in [2.45, 2.75) is 38.4 Å². The van der Waals surface area contributed by atoms with Gasteiger partial charge in [-0.2, -0.15) is 0 Å². The predicted octanol–water partition coefficient (Wildman–Crippen LogP) is 2.84. The van der Waals surface area contributed by atoms with Crippen molar-refractivity contribution in [2.75, 3.05) is 13.7 Å². The maximum Gasteiger partial charge on any atom is 0.317 e. The molecular formula is C22H25N3O3. The fourth-order valence-corrected chi connectivity index (χ4v) is 3.79. The number of hydrogen-bond acceptors (Lipinski definition) is 3. The summed E-state index contributed by atoms with van der Waals surface area (Å²) in [6.07, 6.45) is 3.65. The first-order valence-electron chi connectivity index (χ1n) is 9.70. The molecular weight excluding hydrogens is 354 g/mol. The number of rotatable bonds is 6. The van der Waals surface area contributed by atoms with Gasteiger partial charge in [-0.1, -0.05) is 24.3 Å². The number of benzene rings is 2. The van der Waals surface area contributed by atoms with Crippen molar-refractivity contribution in [3.63, 3.8) is 0 Å². The Kier molecular flexibility index (Phi) is 5.19. The van der Waals surface area contributed by atoms with Crippen LogP contribution in [0.3, 0.4) is 0 Å². The molecule has 0 bridgehead atoms. The van der Waals surface area contributed by atoms with E-state index in [1.807, 2.05) is 29.2 Å². The van der Waals surface area contributed by atoms with Crippen LogP contribution in [0.15, 0.2) is 36.4 Å². The molecule has 28 heavy (non-hydrogen) atoms. The largest absolute Gasteiger partial charge is 0.497 e. The minimum absolute atomic E-state index is 0.00855. The molecule has 3 amide bonds. The third-order valence-electron chi connectivity index (χ3n) is 5.46. The van der Waals surface area contributed by atoms with Crippen LogP contribution in [0, 0.1) is 0 Å². The van der Waals surface area contributed by atoms with E-state index in [0.29, 0.717) is 32.1 Å². The Labute approximate surface area is 164 Å². The lowest BCUT2D eigenvalue weighted by Crippen LogP contribution is -2.44. The number of carbonyl (C=O) groups excluding carboxylic acids is 2. The number of nitrogens with one attached hydrogen (secondary N) is 2. The Morgan fingerprint density at radius 1 is 1.25 bits per heavy atom. The first kappa shape index (κ1) is 18.3. The number of nitrogens with zero attached hydrogens (tertiary/aromatic N) is 1. The number of amides is 3. The average Bonchev–Trinajstić information content (AvgIpc) is 3.55. The molecule has 0 spiro atoms. The SMILES string of the molecule is COc1cccc(-c2ccc(CNC=O)c3c2CCN(C(=O)NC2CC2)C3)c1. The van der Waals surface area contributed by atoms with Gasteiger partial charge in [0, 0.05) is 25.7 Å². The third kappa shape index (κ3) is 3.81. The molecule has 146 valence electrons. The number of methoxy groups -OCH3 is 1. The molecule has 2 aliphatic rings. The van der Waals surface area contributed by atoms with Crippen molar-refractivity contribution in [3.8, 4) is 16.9 Å². The second-order valence-electron chi connectivity index (χ2n) is 7.36. The lowest BCUT2D eigenvalue weighted by atomic mass is 9.87. The van der Waals surface area contributed by atoms with Crippen LogP contribution < -0.4 is 15.4 Å². The zero-order chi connectivity index (χ0) is 19.5. The molecule has 0 unspecified atom stereocenters. The van der Waals surface area contributed by atoms with Crippen molar-refractivity contribution in [1.82, 2.24) is 15.5 Å². The van der Waals surface area contributed by atoms with Crippen molar-refractivity contribution in [2.24, 2.45) is 0 Å². The van der Waals surface area contributed by atoms with Crippen molar-refractivity contribution in [1.29, 1.82) is 0 Å². The highest BCUT2D eigenvalue weighted by atomic mass is 16.5. The third-order valence-corrected chi connectivity index (χ3v) is 5.46. The molecule has 0 atom stereocenters. The summed E-state index contributed by atoms with van der Waals surface area (Å²) in [6, 6.07) is 12.5. The molecule has 1 heterocycles. The van der Waals surface area contributed by atoms with E-state index in [1.54, 1.807) is 7.11 Å². The summed E-state index contributed by atoms with van der Waals surface area (Å²) in [5, 5.41) is 5.84. The van der Waals surface area contributed by atoms with Gasteiger partial charge in [-0.3, -0.25) is 4.79 Å². The van der Waals surface area contributed by atoms with Gasteiger partial charge >= 0.3 is 6.03 Å². The van der Waals surface area contributed by atoms with Gasteiger partial charge < -0.3 is 20.3 Å².